The summed E-state index contributed by atoms with van der Waals surface area (Å²) in [7, 11) is 0. The fraction of sp³-hybridized carbons (Fsp3) is 0.688. The summed E-state index contributed by atoms with van der Waals surface area (Å²) in [5.74, 6) is 1.00. The van der Waals surface area contributed by atoms with E-state index in [1.807, 2.05) is 6.08 Å². The highest BCUT2D eigenvalue weighted by Gasteiger charge is 2.11. The van der Waals surface area contributed by atoms with E-state index in [1.165, 1.54) is 18.9 Å². The van der Waals surface area contributed by atoms with Gasteiger partial charge in [0.15, 0.2) is 0 Å². The molecule has 0 saturated carbocycles. The Hall–Kier alpha value is -1.05. The van der Waals surface area contributed by atoms with Crippen LogP contribution < -0.4 is 0 Å². The zero-order valence-electron chi connectivity index (χ0n) is 12.2. The molecule has 0 aliphatic rings. The molecule has 0 N–H and O–H groups in total. The van der Waals surface area contributed by atoms with Crippen molar-refractivity contribution in [1.82, 2.24) is 0 Å². The fourth-order valence-corrected chi connectivity index (χ4v) is 1.99. The van der Waals surface area contributed by atoms with Gasteiger partial charge in [-0.05, 0) is 44.4 Å². The van der Waals surface area contributed by atoms with Crippen LogP contribution in [0.15, 0.2) is 24.8 Å². The predicted octanol–water partition coefficient (Wildman–Crippen LogP) is 4.51. The third-order valence-corrected chi connectivity index (χ3v) is 3.34. The van der Waals surface area contributed by atoms with Crippen LogP contribution >= 0.6 is 0 Å². The molecule has 0 aliphatic carbocycles. The van der Waals surface area contributed by atoms with E-state index in [0.717, 1.165) is 25.7 Å². The Kier molecular flexibility index (Phi) is 9.35. The first-order valence-corrected chi connectivity index (χ1v) is 6.87. The second kappa shape index (κ2) is 9.93. The van der Waals surface area contributed by atoms with E-state index < -0.39 is 0 Å². The Balaban J connectivity index is 3.84. The molecule has 0 fully saturated rings. The van der Waals surface area contributed by atoms with Crippen LogP contribution in [0.4, 0.5) is 0 Å². The van der Waals surface area contributed by atoms with Crippen molar-refractivity contribution in [3.05, 3.63) is 24.8 Å². The van der Waals surface area contributed by atoms with Crippen molar-refractivity contribution in [1.29, 1.82) is 0 Å². The van der Waals surface area contributed by atoms with Crippen LogP contribution in [0.3, 0.4) is 0 Å². The monoisotopic (exact) mass is 252 g/mol. The third-order valence-electron chi connectivity index (χ3n) is 3.34. The molecule has 0 saturated heterocycles. The summed E-state index contributed by atoms with van der Waals surface area (Å²) >= 11 is 0. The summed E-state index contributed by atoms with van der Waals surface area (Å²) in [6.07, 6.45) is 7.46. The molecule has 0 radical (unpaired) electrons. The largest absolute Gasteiger partial charge is 0.466 e. The van der Waals surface area contributed by atoms with E-state index >= 15 is 0 Å². The molecule has 0 aromatic heterocycles. The van der Waals surface area contributed by atoms with Crippen LogP contribution in [-0.4, -0.2) is 12.6 Å². The molecule has 2 nitrogen and oxygen atoms in total. The van der Waals surface area contributed by atoms with Gasteiger partial charge in [0.2, 0.25) is 0 Å². The maximum atomic E-state index is 10.7. The number of carbonyl (C=O) groups is 1. The lowest BCUT2D eigenvalue weighted by atomic mass is 9.88. The topological polar surface area (TPSA) is 26.3 Å². The number of hydrogen-bond donors (Lipinski definition) is 0. The molecule has 0 bridgehead atoms. The first-order chi connectivity index (χ1) is 8.47. The summed E-state index contributed by atoms with van der Waals surface area (Å²) in [6.45, 7) is 14.2. The van der Waals surface area contributed by atoms with Gasteiger partial charge in [-0.1, -0.05) is 31.6 Å². The minimum atomic E-state index is -0.187. The number of rotatable bonds is 10. The van der Waals surface area contributed by atoms with Gasteiger partial charge in [-0.3, -0.25) is 4.79 Å². The van der Waals surface area contributed by atoms with E-state index in [1.54, 1.807) is 0 Å². The quantitative estimate of drug-likeness (QED) is 0.422. The standard InChI is InChI=1S/C16H28O2/c1-6-7-8-16(13(2)3)10-9-14(4)11-12-18-15(5)17/h6,14,16H,1-2,7-12H2,3-5H3/t14-,16-/m0/s1. The minimum Gasteiger partial charge on any atom is -0.466 e. The number of ether oxygens (including phenoxy) is 1. The van der Waals surface area contributed by atoms with Crippen LogP contribution in [0.2, 0.25) is 0 Å². The molecule has 104 valence electrons. The summed E-state index contributed by atoms with van der Waals surface area (Å²) in [6, 6.07) is 0. The lowest BCUT2D eigenvalue weighted by Crippen LogP contribution is -2.08. The maximum absolute atomic E-state index is 10.7. The molecule has 0 aliphatic heterocycles. The van der Waals surface area contributed by atoms with E-state index in [2.05, 4.69) is 27.0 Å². The zero-order valence-corrected chi connectivity index (χ0v) is 12.2. The molecule has 0 spiro atoms. The summed E-state index contributed by atoms with van der Waals surface area (Å²) in [5, 5.41) is 0. The van der Waals surface area contributed by atoms with Gasteiger partial charge in [-0.25, -0.2) is 0 Å². The summed E-state index contributed by atoms with van der Waals surface area (Å²) < 4.78 is 4.96. The molecule has 0 aromatic rings. The average Bonchev–Trinajstić information content (AvgIpc) is 2.28. The van der Waals surface area contributed by atoms with Gasteiger partial charge < -0.3 is 4.74 Å². The Morgan fingerprint density at radius 2 is 1.89 bits per heavy atom. The fourth-order valence-electron chi connectivity index (χ4n) is 1.99. The Morgan fingerprint density at radius 3 is 2.39 bits per heavy atom. The van der Waals surface area contributed by atoms with E-state index in [9.17, 15) is 4.79 Å². The molecule has 0 amide bonds. The summed E-state index contributed by atoms with van der Waals surface area (Å²) in [5.41, 5.74) is 1.27. The highest BCUT2D eigenvalue weighted by Crippen LogP contribution is 2.24. The third kappa shape index (κ3) is 9.03. The highest BCUT2D eigenvalue weighted by molar-refractivity contribution is 5.65. The van der Waals surface area contributed by atoms with Crippen LogP contribution in [-0.2, 0) is 9.53 Å². The number of esters is 1. The number of carbonyl (C=O) groups excluding carboxylic acids is 1. The molecule has 0 heterocycles. The molecule has 18 heavy (non-hydrogen) atoms. The van der Waals surface area contributed by atoms with Gasteiger partial charge in [0.05, 0.1) is 6.61 Å². The van der Waals surface area contributed by atoms with Crippen LogP contribution in [0.1, 0.15) is 52.9 Å². The molecule has 0 unspecified atom stereocenters. The maximum Gasteiger partial charge on any atom is 0.302 e. The van der Waals surface area contributed by atoms with E-state index in [0.29, 0.717) is 18.4 Å². The SMILES string of the molecule is C=CCC[C@@H](CC[C@H](C)CCOC(C)=O)C(=C)C. The van der Waals surface area contributed by atoms with Gasteiger partial charge in [-0.15, -0.1) is 6.58 Å². The number of hydrogen-bond acceptors (Lipinski definition) is 2. The molecular weight excluding hydrogens is 224 g/mol. The molecule has 2 heteroatoms. The highest BCUT2D eigenvalue weighted by atomic mass is 16.5. The van der Waals surface area contributed by atoms with Gasteiger partial charge >= 0.3 is 5.97 Å². The van der Waals surface area contributed by atoms with Crippen molar-refractivity contribution in [2.45, 2.75) is 52.9 Å². The Morgan fingerprint density at radius 1 is 1.22 bits per heavy atom. The molecule has 2 atom stereocenters. The first-order valence-electron chi connectivity index (χ1n) is 6.87. The predicted molar refractivity (Wildman–Crippen MR) is 77.4 cm³/mol. The van der Waals surface area contributed by atoms with Crippen molar-refractivity contribution >= 4 is 5.97 Å². The lowest BCUT2D eigenvalue weighted by molar-refractivity contribution is -0.141. The second-order valence-electron chi connectivity index (χ2n) is 5.22. The first kappa shape index (κ1) is 16.9. The van der Waals surface area contributed by atoms with E-state index in [-0.39, 0.29) is 5.97 Å². The smallest absolute Gasteiger partial charge is 0.302 e. The molecule has 0 aromatic carbocycles. The normalized spacial score (nSPS) is 13.7. The van der Waals surface area contributed by atoms with Gasteiger partial charge in [0.1, 0.15) is 0 Å². The second-order valence-corrected chi connectivity index (χ2v) is 5.22. The van der Waals surface area contributed by atoms with Crippen molar-refractivity contribution in [2.24, 2.45) is 11.8 Å². The van der Waals surface area contributed by atoms with Crippen molar-refractivity contribution in [3.63, 3.8) is 0 Å². The average molecular weight is 252 g/mol. The van der Waals surface area contributed by atoms with Gasteiger partial charge in [0, 0.05) is 6.92 Å². The molecular formula is C16H28O2. The minimum absolute atomic E-state index is 0.187. The Bertz CT molecular complexity index is 268. The van der Waals surface area contributed by atoms with Crippen LogP contribution in [0.5, 0.6) is 0 Å². The van der Waals surface area contributed by atoms with Gasteiger partial charge in [0.25, 0.3) is 0 Å². The van der Waals surface area contributed by atoms with Crippen molar-refractivity contribution < 1.29 is 9.53 Å². The van der Waals surface area contributed by atoms with Crippen molar-refractivity contribution in [2.75, 3.05) is 6.61 Å². The van der Waals surface area contributed by atoms with E-state index in [4.69, 9.17) is 4.74 Å². The van der Waals surface area contributed by atoms with Gasteiger partial charge in [-0.2, -0.15) is 0 Å². The Labute approximate surface area is 112 Å². The number of allylic oxidation sites excluding steroid dienone is 2. The molecule has 0 rings (SSSR count). The lowest BCUT2D eigenvalue weighted by Gasteiger charge is -2.19. The van der Waals surface area contributed by atoms with Crippen LogP contribution in [0.25, 0.3) is 0 Å². The summed E-state index contributed by atoms with van der Waals surface area (Å²) in [4.78, 5) is 10.7. The van der Waals surface area contributed by atoms with Crippen LogP contribution in [0, 0.1) is 11.8 Å². The zero-order chi connectivity index (χ0) is 14.0. The van der Waals surface area contributed by atoms with Crippen molar-refractivity contribution in [3.8, 4) is 0 Å².